The first-order chi connectivity index (χ1) is 9.69. The Balaban J connectivity index is 0.00000220. The second kappa shape index (κ2) is 9.00. The zero-order chi connectivity index (χ0) is 14.4. The molecule has 1 heterocycles. The van der Waals surface area contributed by atoms with Gasteiger partial charge >= 0.3 is 0 Å². The number of hydrogen-bond donors (Lipinski definition) is 1. The second-order valence-corrected chi connectivity index (χ2v) is 5.54. The molecule has 1 amide bonds. The van der Waals surface area contributed by atoms with Gasteiger partial charge in [-0.05, 0) is 56.3 Å². The number of carbonyl (C=O) groups is 1. The van der Waals surface area contributed by atoms with Gasteiger partial charge in [-0.25, -0.2) is 4.39 Å². The summed E-state index contributed by atoms with van der Waals surface area (Å²) in [6, 6.07) is 6.72. The molecule has 1 saturated heterocycles. The molecule has 1 atom stereocenters. The molecule has 0 aliphatic carbocycles. The molecule has 21 heavy (non-hydrogen) atoms. The van der Waals surface area contributed by atoms with Crippen LogP contribution in [-0.2, 0) is 11.2 Å². The molecule has 1 unspecified atom stereocenters. The third-order valence-electron chi connectivity index (χ3n) is 3.95. The van der Waals surface area contributed by atoms with Crippen LogP contribution < -0.4 is 5.32 Å². The summed E-state index contributed by atoms with van der Waals surface area (Å²) in [5, 5.41) is 2.92. The van der Waals surface area contributed by atoms with E-state index in [0.29, 0.717) is 12.5 Å². The van der Waals surface area contributed by atoms with Crippen molar-refractivity contribution in [3.05, 3.63) is 35.6 Å². The lowest BCUT2D eigenvalue weighted by atomic mass is 9.91. The van der Waals surface area contributed by atoms with Gasteiger partial charge in [-0.15, -0.1) is 12.4 Å². The first-order valence-electron chi connectivity index (χ1n) is 7.36. The van der Waals surface area contributed by atoms with Crippen LogP contribution in [-0.4, -0.2) is 37.5 Å². The number of halogens is 2. The number of piperidine rings is 1. The number of rotatable bonds is 5. The fourth-order valence-electron chi connectivity index (χ4n) is 2.81. The number of carbonyl (C=O) groups excluding carboxylic acids is 1. The molecular weight excluding hydrogens is 291 g/mol. The first kappa shape index (κ1) is 17.9. The summed E-state index contributed by atoms with van der Waals surface area (Å²) in [5.41, 5.74) is 1.17. The maximum Gasteiger partial charge on any atom is 0.236 e. The van der Waals surface area contributed by atoms with E-state index in [0.717, 1.165) is 32.4 Å². The highest BCUT2D eigenvalue weighted by Crippen LogP contribution is 2.21. The van der Waals surface area contributed by atoms with E-state index in [4.69, 9.17) is 0 Å². The predicted molar refractivity (Wildman–Crippen MR) is 85.2 cm³/mol. The molecule has 0 radical (unpaired) electrons. The number of nitrogens with one attached hydrogen (secondary N) is 1. The molecule has 1 aromatic rings. The summed E-state index contributed by atoms with van der Waals surface area (Å²) in [6.07, 6.45) is 4.29. The van der Waals surface area contributed by atoms with E-state index in [1.54, 1.807) is 7.05 Å². The Morgan fingerprint density at radius 3 is 2.76 bits per heavy atom. The van der Waals surface area contributed by atoms with E-state index in [2.05, 4.69) is 5.32 Å². The minimum Gasteiger partial charge on any atom is -0.341 e. The van der Waals surface area contributed by atoms with Gasteiger partial charge in [0.25, 0.3) is 0 Å². The van der Waals surface area contributed by atoms with Crippen molar-refractivity contribution in [2.24, 2.45) is 5.92 Å². The van der Waals surface area contributed by atoms with Crippen LogP contribution in [0.3, 0.4) is 0 Å². The monoisotopic (exact) mass is 314 g/mol. The maximum atomic E-state index is 12.8. The van der Waals surface area contributed by atoms with E-state index in [9.17, 15) is 9.18 Å². The van der Waals surface area contributed by atoms with E-state index in [1.165, 1.54) is 24.1 Å². The fraction of sp³-hybridized carbons (Fsp3) is 0.562. The lowest BCUT2D eigenvalue weighted by molar-refractivity contribution is -0.131. The molecule has 2 rings (SSSR count). The van der Waals surface area contributed by atoms with Crippen molar-refractivity contribution in [2.75, 3.05) is 26.7 Å². The highest BCUT2D eigenvalue weighted by molar-refractivity contribution is 5.85. The van der Waals surface area contributed by atoms with Crippen LogP contribution in [0.25, 0.3) is 0 Å². The van der Waals surface area contributed by atoms with Crippen LogP contribution in [0.4, 0.5) is 4.39 Å². The Morgan fingerprint density at radius 2 is 2.10 bits per heavy atom. The molecule has 1 fully saturated rings. The third kappa shape index (κ3) is 5.64. The largest absolute Gasteiger partial charge is 0.341 e. The Kier molecular flexibility index (Phi) is 7.68. The topological polar surface area (TPSA) is 32.3 Å². The molecule has 0 aromatic heterocycles. The molecule has 5 heteroatoms. The summed E-state index contributed by atoms with van der Waals surface area (Å²) in [7, 11) is 1.80. The van der Waals surface area contributed by atoms with Crippen LogP contribution in [0.5, 0.6) is 0 Å². The molecule has 0 saturated carbocycles. The van der Waals surface area contributed by atoms with Gasteiger partial charge in [-0.2, -0.15) is 0 Å². The Hall–Kier alpha value is -1.13. The zero-order valence-electron chi connectivity index (χ0n) is 12.5. The number of amides is 1. The lowest BCUT2D eigenvalue weighted by Crippen LogP contribution is -2.43. The summed E-state index contributed by atoms with van der Waals surface area (Å²) in [6.45, 7) is 2.17. The van der Waals surface area contributed by atoms with Gasteiger partial charge in [0, 0.05) is 13.1 Å². The summed E-state index contributed by atoms with van der Waals surface area (Å²) < 4.78 is 12.8. The summed E-state index contributed by atoms with van der Waals surface area (Å²) in [4.78, 5) is 13.8. The number of hydrogen-bond acceptors (Lipinski definition) is 2. The molecule has 0 spiro atoms. The van der Waals surface area contributed by atoms with Gasteiger partial charge in [0.2, 0.25) is 5.91 Å². The van der Waals surface area contributed by atoms with Crippen molar-refractivity contribution in [1.29, 1.82) is 0 Å². The average Bonchev–Trinajstić information content (AvgIpc) is 2.47. The van der Waals surface area contributed by atoms with E-state index >= 15 is 0 Å². The van der Waals surface area contributed by atoms with Crippen LogP contribution in [0.15, 0.2) is 24.3 Å². The van der Waals surface area contributed by atoms with Gasteiger partial charge in [-0.3, -0.25) is 4.79 Å². The minimum absolute atomic E-state index is 0. The normalized spacial score (nSPS) is 18.2. The second-order valence-electron chi connectivity index (χ2n) is 5.54. The van der Waals surface area contributed by atoms with Crippen molar-refractivity contribution in [3.63, 3.8) is 0 Å². The minimum atomic E-state index is -0.185. The van der Waals surface area contributed by atoms with Crippen LogP contribution >= 0.6 is 12.4 Å². The highest BCUT2D eigenvalue weighted by Gasteiger charge is 2.22. The number of likely N-dealkylation sites (N-methyl/N-ethyl adjacent to an activating group) is 1. The van der Waals surface area contributed by atoms with Crippen molar-refractivity contribution >= 4 is 18.3 Å². The Bertz CT molecular complexity index is 438. The zero-order valence-corrected chi connectivity index (χ0v) is 13.3. The van der Waals surface area contributed by atoms with Crippen molar-refractivity contribution < 1.29 is 9.18 Å². The first-order valence-corrected chi connectivity index (χ1v) is 7.36. The van der Waals surface area contributed by atoms with Crippen molar-refractivity contribution in [3.8, 4) is 0 Å². The Labute approximate surface area is 132 Å². The predicted octanol–water partition coefficient (Wildman–Crippen LogP) is 2.64. The van der Waals surface area contributed by atoms with E-state index in [1.807, 2.05) is 17.0 Å². The number of likely N-dealkylation sites (tertiary alicyclic amines) is 1. The molecular formula is C16H24ClFN2O. The molecule has 1 N–H and O–H groups in total. The standard InChI is InChI=1S/C16H23FN2O.ClH/c1-18-11-16(20)19-10-2-3-14(12-19)5-4-13-6-8-15(17)9-7-13;/h6-9,14,18H,2-5,10-12H2,1H3;1H. The summed E-state index contributed by atoms with van der Waals surface area (Å²) >= 11 is 0. The maximum absolute atomic E-state index is 12.8. The molecule has 118 valence electrons. The molecule has 3 nitrogen and oxygen atoms in total. The molecule has 0 bridgehead atoms. The van der Waals surface area contributed by atoms with Crippen molar-refractivity contribution in [2.45, 2.75) is 25.7 Å². The third-order valence-corrected chi connectivity index (χ3v) is 3.95. The average molecular weight is 315 g/mol. The van der Waals surface area contributed by atoms with Gasteiger partial charge in [0.1, 0.15) is 5.82 Å². The molecule has 1 aliphatic rings. The highest BCUT2D eigenvalue weighted by atomic mass is 35.5. The van der Waals surface area contributed by atoms with E-state index in [-0.39, 0.29) is 24.1 Å². The van der Waals surface area contributed by atoms with Crippen LogP contribution in [0.2, 0.25) is 0 Å². The van der Waals surface area contributed by atoms with Gasteiger partial charge in [0.15, 0.2) is 0 Å². The number of nitrogens with zero attached hydrogens (tertiary/aromatic N) is 1. The van der Waals surface area contributed by atoms with Gasteiger partial charge in [0.05, 0.1) is 6.54 Å². The molecule has 1 aliphatic heterocycles. The van der Waals surface area contributed by atoms with Crippen LogP contribution in [0, 0.1) is 11.7 Å². The summed E-state index contributed by atoms with van der Waals surface area (Å²) in [5.74, 6) is 0.573. The van der Waals surface area contributed by atoms with Crippen molar-refractivity contribution in [1.82, 2.24) is 10.2 Å². The van der Waals surface area contributed by atoms with Gasteiger partial charge < -0.3 is 10.2 Å². The fourth-order valence-corrected chi connectivity index (χ4v) is 2.81. The quantitative estimate of drug-likeness (QED) is 0.906. The SMILES string of the molecule is CNCC(=O)N1CCCC(CCc2ccc(F)cc2)C1.Cl. The lowest BCUT2D eigenvalue weighted by Gasteiger charge is -2.33. The Morgan fingerprint density at radius 1 is 1.38 bits per heavy atom. The van der Waals surface area contributed by atoms with Gasteiger partial charge in [-0.1, -0.05) is 12.1 Å². The number of benzene rings is 1. The van der Waals surface area contributed by atoms with Crippen LogP contribution in [0.1, 0.15) is 24.8 Å². The van der Waals surface area contributed by atoms with E-state index < -0.39 is 0 Å². The smallest absolute Gasteiger partial charge is 0.236 e. The molecule has 1 aromatic carbocycles. The number of aryl methyl sites for hydroxylation is 1.